The third-order valence-electron chi connectivity index (χ3n) is 3.46. The first-order valence-corrected chi connectivity index (χ1v) is 7.36. The zero-order valence-corrected chi connectivity index (χ0v) is 12.5. The molecule has 4 nitrogen and oxygen atoms in total. The van der Waals surface area contributed by atoms with Crippen molar-refractivity contribution in [3.63, 3.8) is 0 Å². The largest absolute Gasteiger partial charge is 0.335 e. The molecule has 19 heavy (non-hydrogen) atoms. The van der Waals surface area contributed by atoms with E-state index in [1.807, 2.05) is 36.8 Å². The third kappa shape index (κ3) is 2.80. The van der Waals surface area contributed by atoms with Crippen molar-refractivity contribution in [3.05, 3.63) is 46.1 Å². The minimum Gasteiger partial charge on any atom is -0.335 e. The number of fused-ring (bicyclic) bond motifs is 1. The fourth-order valence-corrected chi connectivity index (χ4v) is 2.73. The Hall–Kier alpha value is -1.37. The van der Waals surface area contributed by atoms with Gasteiger partial charge in [-0.25, -0.2) is 4.98 Å². The van der Waals surface area contributed by atoms with Crippen LogP contribution in [-0.2, 0) is 17.8 Å². The molecular weight excluding hydrogens is 353 g/mol. The van der Waals surface area contributed by atoms with Crippen LogP contribution in [0.1, 0.15) is 12.1 Å². The first-order valence-electron chi connectivity index (χ1n) is 6.28. The smallest absolute Gasteiger partial charge is 0.227 e. The number of rotatable bonds is 2. The van der Waals surface area contributed by atoms with Gasteiger partial charge < -0.3 is 9.88 Å². The molecule has 1 atom stereocenters. The van der Waals surface area contributed by atoms with Crippen molar-refractivity contribution in [3.8, 4) is 0 Å². The summed E-state index contributed by atoms with van der Waals surface area (Å²) in [5.74, 6) is 0.150. The number of aromatic nitrogens is 2. The average molecular weight is 367 g/mol. The summed E-state index contributed by atoms with van der Waals surface area (Å²) < 4.78 is 3.28. The van der Waals surface area contributed by atoms with Gasteiger partial charge in [-0.1, -0.05) is 0 Å². The zero-order chi connectivity index (χ0) is 13.2. The van der Waals surface area contributed by atoms with Gasteiger partial charge in [0.2, 0.25) is 5.91 Å². The number of anilines is 1. The van der Waals surface area contributed by atoms with Crippen LogP contribution in [0.2, 0.25) is 0 Å². The van der Waals surface area contributed by atoms with Gasteiger partial charge in [-0.2, -0.15) is 0 Å². The van der Waals surface area contributed by atoms with Crippen LogP contribution in [-0.4, -0.2) is 15.5 Å². The highest BCUT2D eigenvalue weighted by molar-refractivity contribution is 14.1. The fourth-order valence-electron chi connectivity index (χ4n) is 2.37. The first kappa shape index (κ1) is 12.7. The second-order valence-electron chi connectivity index (χ2n) is 4.76. The number of carbonyl (C=O) groups is 1. The van der Waals surface area contributed by atoms with Crippen molar-refractivity contribution in [1.29, 1.82) is 0 Å². The highest BCUT2D eigenvalue weighted by Crippen LogP contribution is 2.21. The van der Waals surface area contributed by atoms with Crippen LogP contribution >= 0.6 is 22.6 Å². The molecule has 0 aliphatic carbocycles. The maximum Gasteiger partial charge on any atom is 0.227 e. The number of halogens is 1. The molecule has 2 aromatic rings. The van der Waals surface area contributed by atoms with E-state index in [0.717, 1.165) is 34.3 Å². The van der Waals surface area contributed by atoms with Crippen LogP contribution in [0.3, 0.4) is 0 Å². The van der Waals surface area contributed by atoms with Gasteiger partial charge in [0.15, 0.2) is 0 Å². The summed E-state index contributed by atoms with van der Waals surface area (Å²) in [6.07, 6.45) is 5.34. The third-order valence-corrected chi connectivity index (χ3v) is 4.17. The van der Waals surface area contributed by atoms with Gasteiger partial charge in [0, 0.05) is 40.0 Å². The van der Waals surface area contributed by atoms with Crippen LogP contribution in [0.5, 0.6) is 0 Å². The molecule has 1 aromatic heterocycles. The van der Waals surface area contributed by atoms with Gasteiger partial charge >= 0.3 is 0 Å². The Balaban J connectivity index is 1.67. The second-order valence-corrected chi connectivity index (χ2v) is 6.01. The molecule has 0 saturated carbocycles. The molecule has 0 spiro atoms. The molecule has 1 aliphatic rings. The molecule has 1 aromatic carbocycles. The lowest BCUT2D eigenvalue weighted by Crippen LogP contribution is -2.29. The van der Waals surface area contributed by atoms with E-state index < -0.39 is 0 Å². The summed E-state index contributed by atoms with van der Waals surface area (Å²) in [6, 6.07) is 7.86. The molecule has 1 amide bonds. The van der Waals surface area contributed by atoms with Gasteiger partial charge in [-0.3, -0.25) is 4.79 Å². The molecule has 1 N–H and O–H groups in total. The molecule has 0 radical (unpaired) electrons. The molecule has 0 saturated heterocycles. The van der Waals surface area contributed by atoms with Crippen LogP contribution < -0.4 is 5.32 Å². The van der Waals surface area contributed by atoms with Crippen molar-refractivity contribution in [2.75, 3.05) is 5.32 Å². The number of benzene rings is 1. The lowest BCUT2D eigenvalue weighted by Gasteiger charge is -2.22. The van der Waals surface area contributed by atoms with E-state index in [4.69, 9.17) is 0 Å². The summed E-state index contributed by atoms with van der Waals surface area (Å²) in [6.45, 7) is 0.875. The van der Waals surface area contributed by atoms with E-state index in [1.165, 1.54) is 0 Å². The first-order chi connectivity index (χ1) is 9.22. The van der Waals surface area contributed by atoms with E-state index in [2.05, 4.69) is 37.5 Å². The SMILES string of the molecule is O=C(Nc1ccc(I)cc1)C1CCn2cncc2C1. The monoisotopic (exact) mass is 367 g/mol. The molecule has 0 bridgehead atoms. The highest BCUT2D eigenvalue weighted by Gasteiger charge is 2.24. The molecule has 0 fully saturated rings. The average Bonchev–Trinajstić information content (AvgIpc) is 2.88. The predicted octanol–water partition coefficient (Wildman–Crippen LogP) is 2.69. The quantitative estimate of drug-likeness (QED) is 0.830. The van der Waals surface area contributed by atoms with Crippen molar-refractivity contribution in [1.82, 2.24) is 9.55 Å². The van der Waals surface area contributed by atoms with Crippen molar-refractivity contribution in [2.24, 2.45) is 5.92 Å². The summed E-state index contributed by atoms with van der Waals surface area (Å²) in [5.41, 5.74) is 2.01. The number of hydrogen-bond acceptors (Lipinski definition) is 2. The van der Waals surface area contributed by atoms with Gasteiger partial charge in [0.1, 0.15) is 0 Å². The predicted molar refractivity (Wildman–Crippen MR) is 81.8 cm³/mol. The Bertz CT molecular complexity index is 591. The standard InChI is InChI=1S/C14H14IN3O/c15-11-1-3-12(4-2-11)17-14(19)10-5-6-18-9-16-8-13(18)7-10/h1-4,8-10H,5-7H2,(H,17,19). The van der Waals surface area contributed by atoms with Crippen molar-refractivity contribution in [2.45, 2.75) is 19.4 Å². The molecule has 1 unspecified atom stereocenters. The second kappa shape index (κ2) is 5.32. The Morgan fingerprint density at radius 1 is 1.37 bits per heavy atom. The highest BCUT2D eigenvalue weighted by atomic mass is 127. The van der Waals surface area contributed by atoms with Gasteiger partial charge in [-0.15, -0.1) is 0 Å². The van der Waals surface area contributed by atoms with Gasteiger partial charge in [0.05, 0.1) is 6.33 Å². The van der Waals surface area contributed by atoms with Crippen LogP contribution in [0.25, 0.3) is 0 Å². The maximum atomic E-state index is 12.2. The summed E-state index contributed by atoms with van der Waals surface area (Å²) >= 11 is 2.25. The maximum absolute atomic E-state index is 12.2. The van der Waals surface area contributed by atoms with Gasteiger partial charge in [0.25, 0.3) is 0 Å². The number of carbonyl (C=O) groups excluding carboxylic acids is 1. The van der Waals surface area contributed by atoms with E-state index >= 15 is 0 Å². The Labute approximate surface area is 125 Å². The summed E-state index contributed by atoms with van der Waals surface area (Å²) in [7, 11) is 0. The lowest BCUT2D eigenvalue weighted by atomic mass is 9.95. The summed E-state index contributed by atoms with van der Waals surface area (Å²) in [5, 5.41) is 2.99. The minimum atomic E-state index is 0.0449. The zero-order valence-electron chi connectivity index (χ0n) is 10.3. The minimum absolute atomic E-state index is 0.0449. The van der Waals surface area contributed by atoms with Crippen LogP contribution in [0.15, 0.2) is 36.8 Å². The molecule has 1 aliphatic heterocycles. The molecule has 98 valence electrons. The molecule has 2 heterocycles. The van der Waals surface area contributed by atoms with Crippen molar-refractivity contribution >= 4 is 34.2 Å². The topological polar surface area (TPSA) is 46.9 Å². The van der Waals surface area contributed by atoms with E-state index in [0.29, 0.717) is 0 Å². The Kier molecular flexibility index (Phi) is 3.54. The van der Waals surface area contributed by atoms with E-state index in [-0.39, 0.29) is 11.8 Å². The van der Waals surface area contributed by atoms with E-state index in [9.17, 15) is 4.79 Å². The van der Waals surface area contributed by atoms with Crippen LogP contribution in [0, 0.1) is 9.49 Å². The van der Waals surface area contributed by atoms with Crippen LogP contribution in [0.4, 0.5) is 5.69 Å². The number of amides is 1. The van der Waals surface area contributed by atoms with Gasteiger partial charge in [-0.05, 0) is 53.3 Å². The summed E-state index contributed by atoms with van der Waals surface area (Å²) in [4.78, 5) is 16.4. The molecular formula is C14H14IN3O. The Morgan fingerprint density at radius 2 is 2.16 bits per heavy atom. The number of hydrogen-bond donors (Lipinski definition) is 1. The normalized spacial score (nSPS) is 17.8. The number of nitrogens with zero attached hydrogens (tertiary/aromatic N) is 2. The lowest BCUT2D eigenvalue weighted by molar-refractivity contribution is -0.120. The van der Waals surface area contributed by atoms with Crippen molar-refractivity contribution < 1.29 is 4.79 Å². The molecule has 3 rings (SSSR count). The van der Waals surface area contributed by atoms with E-state index in [1.54, 1.807) is 0 Å². The number of imidazole rings is 1. The Morgan fingerprint density at radius 3 is 2.95 bits per heavy atom. The molecule has 5 heteroatoms. The number of aryl methyl sites for hydroxylation is 1. The number of nitrogens with one attached hydrogen (secondary N) is 1. The fraction of sp³-hybridized carbons (Fsp3) is 0.286.